The van der Waals surface area contributed by atoms with Gasteiger partial charge in [0.1, 0.15) is 11.6 Å². The number of rotatable bonds is 8. The van der Waals surface area contributed by atoms with Gasteiger partial charge in [-0.3, -0.25) is 4.79 Å². The van der Waals surface area contributed by atoms with E-state index in [9.17, 15) is 26.4 Å². The quantitative estimate of drug-likeness (QED) is 0.257. The number of anilines is 1. The topological polar surface area (TPSA) is 113 Å². The van der Waals surface area contributed by atoms with Crippen molar-refractivity contribution in [2.45, 2.75) is 81.3 Å². The fourth-order valence-electron chi connectivity index (χ4n) is 6.03. The van der Waals surface area contributed by atoms with Gasteiger partial charge in [-0.2, -0.15) is 0 Å². The predicted molar refractivity (Wildman–Crippen MR) is 158 cm³/mol. The molecule has 7 nitrogen and oxygen atoms in total. The number of hydrogen-bond acceptors (Lipinski definition) is 5. The number of alkyl halides is 2. The van der Waals surface area contributed by atoms with Crippen LogP contribution in [0.25, 0.3) is 0 Å². The highest BCUT2D eigenvalue weighted by atomic mass is 32.2. The molecule has 12 heteroatoms. The number of benzene rings is 2. The summed E-state index contributed by atoms with van der Waals surface area (Å²) in [5, 5.41) is 5.88. The van der Waals surface area contributed by atoms with Crippen LogP contribution in [0.1, 0.15) is 62.0 Å². The lowest BCUT2D eigenvalue weighted by Gasteiger charge is -2.36. The Labute approximate surface area is 250 Å². The van der Waals surface area contributed by atoms with Crippen LogP contribution in [0, 0.1) is 29.9 Å². The number of amides is 1. The van der Waals surface area contributed by atoms with Crippen LogP contribution in [-0.2, 0) is 21.2 Å². The molecule has 4 rings (SSSR count). The molecule has 0 aromatic heterocycles. The van der Waals surface area contributed by atoms with Crippen LogP contribution in [0.3, 0.4) is 0 Å². The van der Waals surface area contributed by atoms with Crippen LogP contribution in [0.4, 0.5) is 23.2 Å². The number of carbonyl (C=O) groups is 1. The Morgan fingerprint density at radius 2 is 1.81 bits per heavy atom. The fourth-order valence-corrected chi connectivity index (χ4v) is 7.40. The second-order valence-corrected chi connectivity index (χ2v) is 13.4. The summed E-state index contributed by atoms with van der Waals surface area (Å²) in [6, 6.07) is 7.64. The van der Waals surface area contributed by atoms with E-state index in [0.29, 0.717) is 18.4 Å². The predicted octanol–water partition coefficient (Wildman–Crippen LogP) is 4.45. The van der Waals surface area contributed by atoms with Crippen LogP contribution in [0.2, 0.25) is 0 Å². The summed E-state index contributed by atoms with van der Waals surface area (Å²) in [5.74, 6) is -2.96. The van der Waals surface area contributed by atoms with E-state index in [4.69, 9.17) is 12.2 Å². The van der Waals surface area contributed by atoms with E-state index in [1.54, 1.807) is 0 Å². The van der Waals surface area contributed by atoms with Gasteiger partial charge in [0.05, 0.1) is 17.8 Å². The normalized spacial score (nSPS) is 24.0. The van der Waals surface area contributed by atoms with E-state index in [1.165, 1.54) is 42.5 Å². The van der Waals surface area contributed by atoms with Gasteiger partial charge in [0.25, 0.3) is 0 Å². The number of sulfonamides is 1. The average Bonchev–Trinajstić information content (AvgIpc) is 3.02. The standard InChI is InChI=1S/C31H38F4N4O3S/c1-2-23-5-4-18-43(41,42)39-24(19-37-23)12-13-25-26(33)6-3-7-27(25)38-30(40)29(36)28(20-8-10-22(32)11-9-20)21-14-16-31(34,35)17-15-21/h1,3,6-11,21,23-24,28-29,37,39H,4-5,12-19,36H2,(H,38,40)/t23?,24?,28-,29+/m1/s1. The summed E-state index contributed by atoms with van der Waals surface area (Å²) in [4.78, 5) is 13.5. The maximum Gasteiger partial charge on any atom is 0.248 e. The highest BCUT2D eigenvalue weighted by molar-refractivity contribution is 7.89. The molecule has 0 spiro atoms. The molecule has 0 radical (unpaired) electrons. The van der Waals surface area contributed by atoms with Crippen LogP contribution >= 0.6 is 0 Å². The summed E-state index contributed by atoms with van der Waals surface area (Å²) < 4.78 is 84.3. The third-order valence-corrected chi connectivity index (χ3v) is 9.92. The van der Waals surface area contributed by atoms with Gasteiger partial charge in [0.2, 0.25) is 21.9 Å². The molecule has 1 heterocycles. The molecule has 2 aliphatic rings. The molecule has 2 aromatic rings. The maximum atomic E-state index is 15.1. The Hall–Kier alpha value is -2.98. The molecule has 1 amide bonds. The second kappa shape index (κ2) is 14.2. The van der Waals surface area contributed by atoms with E-state index < -0.39 is 51.5 Å². The number of nitrogens with one attached hydrogen (secondary N) is 3. The summed E-state index contributed by atoms with van der Waals surface area (Å²) in [7, 11) is -3.57. The van der Waals surface area contributed by atoms with Crippen molar-refractivity contribution in [2.75, 3.05) is 17.6 Å². The van der Waals surface area contributed by atoms with Crippen LogP contribution in [-0.4, -0.2) is 50.7 Å². The summed E-state index contributed by atoms with van der Waals surface area (Å²) >= 11 is 0. The first-order valence-corrected chi connectivity index (χ1v) is 16.2. The smallest absolute Gasteiger partial charge is 0.248 e. The Kier molecular flexibility index (Phi) is 10.9. The highest BCUT2D eigenvalue weighted by Crippen LogP contribution is 2.43. The molecule has 5 N–H and O–H groups in total. The third-order valence-electron chi connectivity index (χ3n) is 8.40. The van der Waals surface area contributed by atoms with Crippen molar-refractivity contribution in [3.8, 4) is 12.3 Å². The first-order valence-electron chi connectivity index (χ1n) is 14.5. The van der Waals surface area contributed by atoms with Crippen LogP contribution in [0.15, 0.2) is 42.5 Å². The molecular formula is C31H38F4N4O3S. The summed E-state index contributed by atoms with van der Waals surface area (Å²) in [5.41, 5.74) is 7.38. The molecule has 43 heavy (non-hydrogen) atoms. The van der Waals surface area contributed by atoms with Gasteiger partial charge in [-0.25, -0.2) is 30.7 Å². The zero-order valence-corrected chi connectivity index (χ0v) is 24.6. The van der Waals surface area contributed by atoms with E-state index in [-0.39, 0.29) is 74.0 Å². The Morgan fingerprint density at radius 3 is 2.49 bits per heavy atom. The van der Waals surface area contributed by atoms with Crippen LogP contribution < -0.4 is 21.1 Å². The lowest BCUT2D eigenvalue weighted by molar-refractivity contribution is -0.118. The van der Waals surface area contributed by atoms with Gasteiger partial charge in [0, 0.05) is 42.6 Å². The number of carbonyl (C=O) groups excluding carboxylic acids is 1. The molecule has 1 aliphatic heterocycles. The molecule has 2 unspecified atom stereocenters. The minimum atomic E-state index is -3.57. The van der Waals surface area contributed by atoms with Crippen molar-refractivity contribution in [3.63, 3.8) is 0 Å². The lowest BCUT2D eigenvalue weighted by atomic mass is 9.72. The fraction of sp³-hybridized carbons (Fsp3) is 0.516. The van der Waals surface area contributed by atoms with Crippen molar-refractivity contribution >= 4 is 21.6 Å². The number of halogens is 4. The summed E-state index contributed by atoms with van der Waals surface area (Å²) in [6.45, 7) is 0.245. The van der Waals surface area contributed by atoms with E-state index in [0.717, 1.165) is 0 Å². The largest absolute Gasteiger partial charge is 0.324 e. The molecule has 1 saturated carbocycles. The zero-order valence-electron chi connectivity index (χ0n) is 23.8. The lowest BCUT2D eigenvalue weighted by Crippen LogP contribution is -2.45. The number of nitrogens with two attached hydrogens (primary N) is 1. The monoisotopic (exact) mass is 622 g/mol. The zero-order chi connectivity index (χ0) is 31.2. The van der Waals surface area contributed by atoms with E-state index in [2.05, 4.69) is 21.3 Å². The molecule has 0 bridgehead atoms. The van der Waals surface area contributed by atoms with Gasteiger partial charge in [-0.05, 0) is 74.3 Å². The number of hydrogen-bond donors (Lipinski definition) is 4. The third kappa shape index (κ3) is 9.01. The SMILES string of the molecule is C#CC1CCCS(=O)(=O)NC(CCc2c(F)cccc2NC(=O)[C@@H](N)[C@H](c2ccc(F)cc2)C2CCC(F)(F)CC2)CN1. The van der Waals surface area contributed by atoms with Crippen molar-refractivity contribution in [2.24, 2.45) is 11.7 Å². The van der Waals surface area contributed by atoms with Crippen molar-refractivity contribution in [3.05, 3.63) is 65.2 Å². The first kappa shape index (κ1) is 32.9. The van der Waals surface area contributed by atoms with Gasteiger partial charge in [-0.15, -0.1) is 6.42 Å². The maximum absolute atomic E-state index is 15.1. The Morgan fingerprint density at radius 1 is 1.12 bits per heavy atom. The average molecular weight is 623 g/mol. The minimum absolute atomic E-state index is 0.0733. The van der Waals surface area contributed by atoms with Gasteiger partial charge < -0.3 is 16.4 Å². The van der Waals surface area contributed by atoms with Crippen LogP contribution in [0.5, 0.6) is 0 Å². The molecule has 234 valence electrons. The highest BCUT2D eigenvalue weighted by Gasteiger charge is 2.41. The first-order chi connectivity index (χ1) is 20.4. The van der Waals surface area contributed by atoms with E-state index in [1.807, 2.05) is 0 Å². The molecule has 2 fully saturated rings. The van der Waals surface area contributed by atoms with Gasteiger partial charge in [-0.1, -0.05) is 24.1 Å². The van der Waals surface area contributed by atoms with E-state index >= 15 is 4.39 Å². The molecule has 4 atom stereocenters. The second-order valence-electron chi connectivity index (χ2n) is 11.5. The molecule has 1 saturated heterocycles. The molecule has 1 aliphatic carbocycles. The molecular weight excluding hydrogens is 584 g/mol. The van der Waals surface area contributed by atoms with Crippen molar-refractivity contribution < 1.29 is 30.8 Å². The van der Waals surface area contributed by atoms with Gasteiger partial charge >= 0.3 is 0 Å². The van der Waals surface area contributed by atoms with Gasteiger partial charge in [0.15, 0.2) is 0 Å². The summed E-state index contributed by atoms with van der Waals surface area (Å²) in [6.07, 6.45) is 6.39. The van der Waals surface area contributed by atoms with Crippen molar-refractivity contribution in [1.82, 2.24) is 10.0 Å². The Balaban J connectivity index is 1.51. The van der Waals surface area contributed by atoms with Crippen molar-refractivity contribution in [1.29, 1.82) is 0 Å². The Bertz CT molecular complexity index is 1410. The molecule has 2 aromatic carbocycles. The minimum Gasteiger partial charge on any atom is -0.324 e. The number of terminal acetylenes is 1.